The van der Waals surface area contributed by atoms with E-state index in [1.807, 2.05) is 18.2 Å². The fourth-order valence-corrected chi connectivity index (χ4v) is 3.61. The highest BCUT2D eigenvalue weighted by Crippen LogP contribution is 2.22. The van der Waals surface area contributed by atoms with E-state index in [4.69, 9.17) is 4.99 Å². The minimum absolute atomic E-state index is 0. The summed E-state index contributed by atoms with van der Waals surface area (Å²) in [7, 11) is 3.55. The highest BCUT2D eigenvalue weighted by Gasteiger charge is 2.16. The monoisotopic (exact) mass is 532 g/mol. The van der Waals surface area contributed by atoms with Gasteiger partial charge in [0.05, 0.1) is 0 Å². The SMILES string of the molecule is CCNC(=NCCc1cccc(C(=O)N(C)C)c1)N1CC=C(c2ccccc2)CC1.I. The summed E-state index contributed by atoms with van der Waals surface area (Å²) in [5.74, 6) is 0.990. The van der Waals surface area contributed by atoms with Gasteiger partial charge in [0.1, 0.15) is 0 Å². The average Bonchev–Trinajstić information content (AvgIpc) is 2.79. The maximum atomic E-state index is 12.2. The molecule has 1 amide bonds. The number of carbonyl (C=O) groups excluding carboxylic acids is 1. The van der Waals surface area contributed by atoms with Crippen LogP contribution in [0.5, 0.6) is 0 Å². The summed E-state index contributed by atoms with van der Waals surface area (Å²) in [5, 5.41) is 3.42. The van der Waals surface area contributed by atoms with E-state index >= 15 is 0 Å². The van der Waals surface area contributed by atoms with Gasteiger partial charge in [0.15, 0.2) is 5.96 Å². The van der Waals surface area contributed by atoms with Crippen LogP contribution in [0.3, 0.4) is 0 Å². The predicted octanol–water partition coefficient (Wildman–Crippen LogP) is 4.30. The Morgan fingerprint density at radius 2 is 1.90 bits per heavy atom. The Balaban J connectivity index is 0.00000341. The molecule has 1 aliphatic rings. The maximum absolute atomic E-state index is 12.2. The molecule has 2 aromatic rings. The number of amides is 1. The second kappa shape index (κ2) is 12.5. The minimum Gasteiger partial charge on any atom is -0.357 e. The first-order valence-electron chi connectivity index (χ1n) is 10.7. The maximum Gasteiger partial charge on any atom is 0.253 e. The number of hydrogen-bond acceptors (Lipinski definition) is 2. The number of nitrogens with zero attached hydrogens (tertiary/aromatic N) is 3. The molecule has 0 saturated carbocycles. The minimum atomic E-state index is 0. The lowest BCUT2D eigenvalue weighted by molar-refractivity contribution is 0.0827. The highest BCUT2D eigenvalue weighted by molar-refractivity contribution is 14.0. The van der Waals surface area contributed by atoms with Gasteiger partial charge in [-0.15, -0.1) is 24.0 Å². The molecule has 0 bridgehead atoms. The van der Waals surface area contributed by atoms with Gasteiger partial charge in [-0.3, -0.25) is 9.79 Å². The third-order valence-corrected chi connectivity index (χ3v) is 5.23. The second-order valence-corrected chi connectivity index (χ2v) is 7.68. The number of nitrogens with one attached hydrogen (secondary N) is 1. The molecule has 0 saturated heterocycles. The number of rotatable bonds is 6. The van der Waals surface area contributed by atoms with Crippen molar-refractivity contribution in [2.24, 2.45) is 4.99 Å². The lowest BCUT2D eigenvalue weighted by Crippen LogP contribution is -2.43. The fourth-order valence-electron chi connectivity index (χ4n) is 3.61. The standard InChI is InChI=1S/C25H32N4O.HI/c1-4-26-25(29-17-14-22(15-18-29)21-10-6-5-7-11-21)27-16-13-20-9-8-12-23(19-20)24(30)28(2)3;/h5-12,14,19H,4,13,15-18H2,1-3H3,(H,26,27);1H. The first-order chi connectivity index (χ1) is 14.6. The highest BCUT2D eigenvalue weighted by atomic mass is 127. The van der Waals surface area contributed by atoms with Gasteiger partial charge in [0, 0.05) is 45.8 Å². The van der Waals surface area contributed by atoms with E-state index in [1.54, 1.807) is 19.0 Å². The number of guanidine groups is 1. The predicted molar refractivity (Wildman–Crippen MR) is 140 cm³/mol. The van der Waals surface area contributed by atoms with Crippen LogP contribution in [0.25, 0.3) is 5.57 Å². The molecule has 0 spiro atoms. The summed E-state index contributed by atoms with van der Waals surface area (Å²) in [5.41, 5.74) is 4.58. The molecule has 1 heterocycles. The molecule has 0 unspecified atom stereocenters. The summed E-state index contributed by atoms with van der Waals surface area (Å²) in [6.45, 7) is 5.45. The average molecular weight is 532 g/mol. The molecule has 1 N–H and O–H groups in total. The van der Waals surface area contributed by atoms with Gasteiger partial charge in [-0.1, -0.05) is 48.5 Å². The molecule has 3 rings (SSSR count). The Hall–Kier alpha value is -2.35. The first-order valence-corrected chi connectivity index (χ1v) is 10.7. The molecular weight excluding hydrogens is 499 g/mol. The van der Waals surface area contributed by atoms with Gasteiger partial charge in [-0.2, -0.15) is 0 Å². The molecule has 0 fully saturated rings. The molecule has 6 heteroatoms. The zero-order valence-electron chi connectivity index (χ0n) is 18.7. The van der Waals surface area contributed by atoms with Gasteiger partial charge in [0.25, 0.3) is 5.91 Å². The van der Waals surface area contributed by atoms with Crippen LogP contribution >= 0.6 is 24.0 Å². The van der Waals surface area contributed by atoms with Crippen molar-refractivity contribution < 1.29 is 4.79 Å². The smallest absolute Gasteiger partial charge is 0.253 e. The molecule has 166 valence electrons. The van der Waals surface area contributed by atoms with Crippen molar-refractivity contribution in [3.63, 3.8) is 0 Å². The number of carbonyl (C=O) groups is 1. The second-order valence-electron chi connectivity index (χ2n) is 7.68. The van der Waals surface area contributed by atoms with Crippen molar-refractivity contribution in [1.29, 1.82) is 0 Å². The van der Waals surface area contributed by atoms with E-state index in [0.29, 0.717) is 6.54 Å². The summed E-state index contributed by atoms with van der Waals surface area (Å²) >= 11 is 0. The molecule has 0 aromatic heterocycles. The number of hydrogen-bond donors (Lipinski definition) is 1. The lowest BCUT2D eigenvalue weighted by Gasteiger charge is -2.30. The zero-order valence-corrected chi connectivity index (χ0v) is 21.0. The molecule has 5 nitrogen and oxygen atoms in total. The lowest BCUT2D eigenvalue weighted by atomic mass is 10.00. The van der Waals surface area contributed by atoms with Crippen molar-refractivity contribution in [2.45, 2.75) is 19.8 Å². The van der Waals surface area contributed by atoms with Crippen LogP contribution in [-0.4, -0.2) is 61.9 Å². The van der Waals surface area contributed by atoms with Crippen molar-refractivity contribution >= 4 is 41.4 Å². The van der Waals surface area contributed by atoms with E-state index in [2.05, 4.69) is 59.6 Å². The van der Waals surface area contributed by atoms with E-state index in [0.717, 1.165) is 49.6 Å². The van der Waals surface area contributed by atoms with Crippen molar-refractivity contribution in [3.05, 3.63) is 77.4 Å². The molecule has 1 aliphatic heterocycles. The van der Waals surface area contributed by atoms with E-state index in [-0.39, 0.29) is 29.9 Å². The van der Waals surface area contributed by atoms with Crippen LogP contribution < -0.4 is 5.32 Å². The van der Waals surface area contributed by atoms with Crippen molar-refractivity contribution in [3.8, 4) is 0 Å². The Labute approximate surface area is 203 Å². The molecule has 0 aliphatic carbocycles. The van der Waals surface area contributed by atoms with Gasteiger partial charge in [0.2, 0.25) is 0 Å². The van der Waals surface area contributed by atoms with Gasteiger partial charge in [-0.25, -0.2) is 0 Å². The van der Waals surface area contributed by atoms with Crippen molar-refractivity contribution in [2.75, 3.05) is 40.3 Å². The van der Waals surface area contributed by atoms with Crippen molar-refractivity contribution in [1.82, 2.24) is 15.1 Å². The third kappa shape index (κ3) is 7.09. The third-order valence-electron chi connectivity index (χ3n) is 5.23. The van der Waals surface area contributed by atoms with Crippen LogP contribution in [0.1, 0.15) is 34.8 Å². The summed E-state index contributed by atoms with van der Waals surface area (Å²) < 4.78 is 0. The molecule has 0 radical (unpaired) electrons. The zero-order chi connectivity index (χ0) is 21.3. The normalized spacial score (nSPS) is 13.8. The van der Waals surface area contributed by atoms with Crippen LogP contribution in [0.15, 0.2) is 65.7 Å². The van der Waals surface area contributed by atoms with E-state index in [9.17, 15) is 4.79 Å². The number of halogens is 1. The summed E-state index contributed by atoms with van der Waals surface area (Å²) in [6, 6.07) is 18.4. The fraction of sp³-hybridized carbons (Fsp3) is 0.360. The Bertz CT molecular complexity index is 909. The van der Waals surface area contributed by atoms with Gasteiger partial charge < -0.3 is 15.1 Å². The topological polar surface area (TPSA) is 47.9 Å². The number of aliphatic imine (C=N–C) groups is 1. The van der Waals surface area contributed by atoms with E-state index < -0.39 is 0 Å². The molecule has 0 atom stereocenters. The van der Waals surface area contributed by atoms with Crippen LogP contribution in [0.2, 0.25) is 0 Å². The largest absolute Gasteiger partial charge is 0.357 e. The number of benzene rings is 2. The Morgan fingerprint density at radius 3 is 2.55 bits per heavy atom. The van der Waals surface area contributed by atoms with Crippen LogP contribution in [-0.2, 0) is 6.42 Å². The quantitative estimate of drug-likeness (QED) is 0.343. The summed E-state index contributed by atoms with van der Waals surface area (Å²) in [6.07, 6.45) is 4.13. The van der Waals surface area contributed by atoms with Gasteiger partial charge in [-0.05, 0) is 48.6 Å². The molecule has 2 aromatic carbocycles. The summed E-state index contributed by atoms with van der Waals surface area (Å²) in [4.78, 5) is 20.9. The van der Waals surface area contributed by atoms with E-state index in [1.165, 1.54) is 11.1 Å². The first kappa shape index (κ1) is 24.9. The van der Waals surface area contributed by atoms with Gasteiger partial charge >= 0.3 is 0 Å². The molecular formula is C25H33IN4O. The molecule has 31 heavy (non-hydrogen) atoms. The van der Waals surface area contributed by atoms with Crippen LogP contribution in [0.4, 0.5) is 0 Å². The Morgan fingerprint density at radius 1 is 1.13 bits per heavy atom. The van der Waals surface area contributed by atoms with Crippen LogP contribution in [0, 0.1) is 0 Å². The Kier molecular flexibility index (Phi) is 10.0.